The third kappa shape index (κ3) is 4.53. The molecule has 0 N–H and O–H groups in total. The van der Waals surface area contributed by atoms with E-state index in [9.17, 15) is 0 Å². The van der Waals surface area contributed by atoms with E-state index in [-0.39, 0.29) is 0 Å². The van der Waals surface area contributed by atoms with Gasteiger partial charge in [0.2, 0.25) is 0 Å². The van der Waals surface area contributed by atoms with Gasteiger partial charge in [-0.05, 0) is 89.3 Å². The molecule has 3 aromatic heterocycles. The van der Waals surface area contributed by atoms with Gasteiger partial charge in [-0.15, -0.1) is 0 Å². The zero-order chi connectivity index (χ0) is 36.7. The van der Waals surface area contributed by atoms with Crippen LogP contribution in [-0.2, 0) is 0 Å². The molecule has 0 fully saturated rings. The Morgan fingerprint density at radius 2 is 1.07 bits per heavy atom. The fourth-order valence-electron chi connectivity index (χ4n) is 8.91. The maximum absolute atomic E-state index is 6.68. The number of hydrogen-bond donors (Lipinski definition) is 0. The highest BCUT2D eigenvalue weighted by Gasteiger charge is 2.22. The monoisotopic (exact) mass is 716 g/mol. The lowest BCUT2D eigenvalue weighted by Crippen LogP contribution is -2.10. The molecule has 262 valence electrons. The van der Waals surface area contributed by atoms with Gasteiger partial charge in [-0.2, -0.15) is 0 Å². The van der Waals surface area contributed by atoms with Crippen molar-refractivity contribution in [2.75, 3.05) is 4.90 Å². The predicted molar refractivity (Wildman–Crippen MR) is 233 cm³/mol. The largest absolute Gasteiger partial charge is 0.456 e. The number of para-hydroxylation sites is 3. The minimum Gasteiger partial charge on any atom is -0.456 e. The van der Waals surface area contributed by atoms with Crippen LogP contribution in [0.1, 0.15) is 0 Å². The van der Waals surface area contributed by atoms with Gasteiger partial charge in [0.05, 0.1) is 22.1 Å². The third-order valence-electron chi connectivity index (χ3n) is 11.4. The van der Waals surface area contributed by atoms with E-state index < -0.39 is 0 Å². The molecule has 0 unspecified atom stereocenters. The summed E-state index contributed by atoms with van der Waals surface area (Å²) in [4.78, 5) is 2.34. The molecule has 0 bridgehead atoms. The van der Waals surface area contributed by atoms with Crippen molar-refractivity contribution in [3.8, 4) is 16.8 Å². The molecular weight excluding hydrogens is 685 g/mol. The predicted octanol–water partition coefficient (Wildman–Crippen LogP) is 14.9. The minimum absolute atomic E-state index is 0.849. The molecule has 0 aliphatic carbocycles. The normalized spacial score (nSPS) is 11.9. The first kappa shape index (κ1) is 30.9. The van der Waals surface area contributed by atoms with Crippen molar-refractivity contribution < 1.29 is 8.83 Å². The number of aromatic nitrogens is 1. The quantitative estimate of drug-likeness (QED) is 0.178. The molecule has 9 aromatic carbocycles. The zero-order valence-corrected chi connectivity index (χ0v) is 30.2. The molecule has 3 heterocycles. The van der Waals surface area contributed by atoms with Crippen molar-refractivity contribution >= 4 is 93.5 Å². The molecule has 4 heteroatoms. The summed E-state index contributed by atoms with van der Waals surface area (Å²) in [6.45, 7) is 0. The number of hydrogen-bond acceptors (Lipinski definition) is 3. The molecule has 12 rings (SSSR count). The lowest BCUT2D eigenvalue weighted by atomic mass is 9.98. The Hall–Kier alpha value is -7.56. The zero-order valence-electron chi connectivity index (χ0n) is 30.2. The van der Waals surface area contributed by atoms with Crippen LogP contribution in [0.2, 0.25) is 0 Å². The molecule has 0 saturated heterocycles. The van der Waals surface area contributed by atoms with E-state index in [0.29, 0.717) is 0 Å². The molecule has 4 nitrogen and oxygen atoms in total. The molecule has 56 heavy (non-hydrogen) atoms. The van der Waals surface area contributed by atoms with E-state index in [4.69, 9.17) is 8.83 Å². The molecule has 0 atom stereocenters. The van der Waals surface area contributed by atoms with Crippen LogP contribution in [0.15, 0.2) is 203 Å². The minimum atomic E-state index is 0.849. The molecule has 0 radical (unpaired) electrons. The Balaban J connectivity index is 1.07. The van der Waals surface area contributed by atoms with Crippen molar-refractivity contribution in [2.24, 2.45) is 0 Å². The van der Waals surface area contributed by atoms with Crippen molar-refractivity contribution in [1.82, 2.24) is 4.57 Å². The Morgan fingerprint density at radius 3 is 1.96 bits per heavy atom. The number of anilines is 3. The van der Waals surface area contributed by atoms with Gasteiger partial charge in [0.25, 0.3) is 0 Å². The summed E-state index contributed by atoms with van der Waals surface area (Å²) in [5.74, 6) is 0. The summed E-state index contributed by atoms with van der Waals surface area (Å²) in [6.07, 6.45) is 0. The highest BCUT2D eigenvalue weighted by atomic mass is 16.3. The van der Waals surface area contributed by atoms with Gasteiger partial charge in [0.1, 0.15) is 22.3 Å². The maximum atomic E-state index is 6.68. The number of benzene rings is 9. The lowest BCUT2D eigenvalue weighted by molar-refractivity contribution is 0.669. The van der Waals surface area contributed by atoms with Crippen molar-refractivity contribution in [2.45, 2.75) is 0 Å². The second-order valence-electron chi connectivity index (χ2n) is 14.5. The van der Waals surface area contributed by atoms with E-state index >= 15 is 0 Å². The van der Waals surface area contributed by atoms with Crippen LogP contribution in [0.4, 0.5) is 17.1 Å². The summed E-state index contributed by atoms with van der Waals surface area (Å²) >= 11 is 0. The van der Waals surface area contributed by atoms with Crippen LogP contribution in [0, 0.1) is 0 Å². The van der Waals surface area contributed by atoms with Crippen molar-refractivity contribution in [3.63, 3.8) is 0 Å². The Kier molecular flexibility index (Phi) is 6.60. The van der Waals surface area contributed by atoms with Crippen molar-refractivity contribution in [3.05, 3.63) is 194 Å². The van der Waals surface area contributed by atoms with Crippen molar-refractivity contribution in [1.29, 1.82) is 0 Å². The molecule has 0 aliphatic heterocycles. The van der Waals surface area contributed by atoms with Crippen LogP contribution in [-0.4, -0.2) is 4.57 Å². The summed E-state index contributed by atoms with van der Waals surface area (Å²) in [6, 6.07) is 69.0. The molecular formula is C52H32N2O2. The van der Waals surface area contributed by atoms with E-state index in [0.717, 1.165) is 83.0 Å². The summed E-state index contributed by atoms with van der Waals surface area (Å²) in [5, 5.41) is 9.11. The number of nitrogens with zero attached hydrogens (tertiary/aromatic N) is 2. The average molecular weight is 717 g/mol. The van der Waals surface area contributed by atoms with Gasteiger partial charge in [-0.1, -0.05) is 115 Å². The molecule has 0 amide bonds. The number of rotatable bonds is 5. The second-order valence-corrected chi connectivity index (χ2v) is 14.5. The fraction of sp³-hybridized carbons (Fsp3) is 0. The van der Waals surface area contributed by atoms with Gasteiger partial charge in [0, 0.05) is 55.4 Å². The summed E-state index contributed by atoms with van der Waals surface area (Å²) < 4.78 is 15.5. The molecule has 0 aliphatic rings. The van der Waals surface area contributed by atoms with E-state index in [1.807, 2.05) is 12.1 Å². The number of fused-ring (bicyclic) bond motifs is 11. The van der Waals surface area contributed by atoms with E-state index in [1.54, 1.807) is 0 Å². The van der Waals surface area contributed by atoms with Crippen LogP contribution >= 0.6 is 0 Å². The first-order valence-corrected chi connectivity index (χ1v) is 19.0. The Morgan fingerprint density at radius 1 is 0.393 bits per heavy atom. The Labute approximate surface area is 321 Å². The third-order valence-corrected chi connectivity index (χ3v) is 11.4. The molecule has 0 spiro atoms. The van der Waals surface area contributed by atoms with Crippen LogP contribution in [0.25, 0.3) is 93.3 Å². The molecule has 12 aromatic rings. The topological polar surface area (TPSA) is 34.5 Å². The standard InChI is InChI=1S/C52H32N2O2/c1-2-13-35(14-3-1)54-44-19-8-6-17-42(44)50-38(18-10-20-45(50)54)34-24-27-36(28-25-34)53(37-29-31-41-40-16-7-9-22-47(40)55-49(41)32-37)46-21-11-23-48-51(46)43-30-26-33-12-4-5-15-39(33)52(43)56-48/h1-32H. The smallest absolute Gasteiger partial charge is 0.143 e. The lowest BCUT2D eigenvalue weighted by Gasteiger charge is -2.26. The van der Waals surface area contributed by atoms with Crippen LogP contribution in [0.3, 0.4) is 0 Å². The Bertz CT molecular complexity index is 3480. The first-order valence-electron chi connectivity index (χ1n) is 19.0. The van der Waals surface area contributed by atoms with Gasteiger partial charge in [-0.3, -0.25) is 0 Å². The SMILES string of the molecule is c1ccc(-n2c3ccccc3c3c(-c4ccc(N(c5ccc6c(c5)oc5ccccc56)c5cccc6oc7c8ccccc8ccc7c56)cc4)cccc32)cc1. The first-order chi connectivity index (χ1) is 27.8. The van der Waals surface area contributed by atoms with E-state index in [2.05, 4.69) is 191 Å². The average Bonchev–Trinajstić information content (AvgIpc) is 3.94. The fourth-order valence-corrected chi connectivity index (χ4v) is 8.91. The summed E-state index contributed by atoms with van der Waals surface area (Å²) in [5.41, 5.74) is 12.4. The van der Waals surface area contributed by atoms with Crippen LogP contribution in [0.5, 0.6) is 0 Å². The van der Waals surface area contributed by atoms with Crippen LogP contribution < -0.4 is 4.90 Å². The van der Waals surface area contributed by atoms with Gasteiger partial charge < -0.3 is 18.3 Å². The maximum Gasteiger partial charge on any atom is 0.143 e. The second kappa shape index (κ2) is 12.0. The van der Waals surface area contributed by atoms with Gasteiger partial charge in [0.15, 0.2) is 0 Å². The highest BCUT2D eigenvalue weighted by Crippen LogP contribution is 2.46. The van der Waals surface area contributed by atoms with Gasteiger partial charge in [-0.25, -0.2) is 0 Å². The van der Waals surface area contributed by atoms with E-state index in [1.165, 1.54) is 27.4 Å². The number of furan rings is 2. The molecule has 0 saturated carbocycles. The summed E-state index contributed by atoms with van der Waals surface area (Å²) in [7, 11) is 0. The highest BCUT2D eigenvalue weighted by molar-refractivity contribution is 6.20. The van der Waals surface area contributed by atoms with Gasteiger partial charge >= 0.3 is 0 Å².